The fourth-order valence-electron chi connectivity index (χ4n) is 2.37. The van der Waals surface area contributed by atoms with Crippen molar-refractivity contribution in [2.45, 2.75) is 25.6 Å². The van der Waals surface area contributed by atoms with E-state index in [0.29, 0.717) is 23.9 Å². The number of morpholine rings is 1. The maximum Gasteiger partial charge on any atom is 0.260 e. The molecule has 1 atom stereocenters. The van der Waals surface area contributed by atoms with Gasteiger partial charge in [-0.15, -0.1) is 0 Å². The Morgan fingerprint density at radius 3 is 3.00 bits per heavy atom. The van der Waals surface area contributed by atoms with Gasteiger partial charge in [-0.1, -0.05) is 17.7 Å². The summed E-state index contributed by atoms with van der Waals surface area (Å²) in [4.78, 5) is 13.9. The minimum atomic E-state index is -0.475. The number of aliphatic hydroxyl groups is 1. The summed E-state index contributed by atoms with van der Waals surface area (Å²) in [6.45, 7) is 4.47. The van der Waals surface area contributed by atoms with Crippen molar-refractivity contribution in [2.75, 3.05) is 26.3 Å². The van der Waals surface area contributed by atoms with Gasteiger partial charge >= 0.3 is 0 Å². The van der Waals surface area contributed by atoms with Crippen molar-refractivity contribution in [2.24, 2.45) is 0 Å². The molecule has 0 aromatic heterocycles. The van der Waals surface area contributed by atoms with E-state index in [1.54, 1.807) is 29.2 Å². The van der Waals surface area contributed by atoms with Crippen LogP contribution >= 0.6 is 11.6 Å². The Bertz CT molecular complexity index is 506. The van der Waals surface area contributed by atoms with E-state index in [-0.39, 0.29) is 25.2 Å². The van der Waals surface area contributed by atoms with E-state index in [0.717, 1.165) is 0 Å². The van der Waals surface area contributed by atoms with Gasteiger partial charge in [0.2, 0.25) is 0 Å². The second kappa shape index (κ2) is 6.64. The number of aliphatic hydroxyl groups excluding tert-OH is 1. The second-order valence-corrected chi connectivity index (χ2v) is 6.14. The van der Waals surface area contributed by atoms with Crippen molar-refractivity contribution in [3.05, 3.63) is 29.3 Å². The summed E-state index contributed by atoms with van der Waals surface area (Å²) in [6.07, 6.45) is -0.358. The summed E-state index contributed by atoms with van der Waals surface area (Å²) in [5.41, 5.74) is -0.475. The van der Waals surface area contributed by atoms with Crippen molar-refractivity contribution in [3.8, 4) is 5.75 Å². The van der Waals surface area contributed by atoms with Gasteiger partial charge in [-0.3, -0.25) is 4.79 Å². The first-order valence-corrected chi connectivity index (χ1v) is 7.22. The molecule has 0 radical (unpaired) electrons. The van der Waals surface area contributed by atoms with Gasteiger partial charge in [0.15, 0.2) is 6.61 Å². The van der Waals surface area contributed by atoms with E-state index in [2.05, 4.69) is 0 Å². The van der Waals surface area contributed by atoms with Crippen LogP contribution in [0.2, 0.25) is 5.02 Å². The van der Waals surface area contributed by atoms with Gasteiger partial charge < -0.3 is 19.5 Å². The van der Waals surface area contributed by atoms with Crippen molar-refractivity contribution in [1.29, 1.82) is 0 Å². The molecule has 21 heavy (non-hydrogen) atoms. The van der Waals surface area contributed by atoms with E-state index in [1.807, 2.05) is 13.8 Å². The monoisotopic (exact) mass is 313 g/mol. The largest absolute Gasteiger partial charge is 0.484 e. The normalized spacial score (nSPS) is 21.1. The smallest absolute Gasteiger partial charge is 0.260 e. The molecule has 0 spiro atoms. The summed E-state index contributed by atoms with van der Waals surface area (Å²) in [5, 5.41) is 9.82. The van der Waals surface area contributed by atoms with Crippen LogP contribution in [0.3, 0.4) is 0 Å². The van der Waals surface area contributed by atoms with Gasteiger partial charge in [-0.2, -0.15) is 0 Å². The van der Waals surface area contributed by atoms with E-state index in [1.165, 1.54) is 0 Å². The minimum absolute atomic E-state index is 0.0609. The molecule has 5 nitrogen and oxygen atoms in total. The van der Waals surface area contributed by atoms with Gasteiger partial charge in [0.1, 0.15) is 5.75 Å². The molecule has 2 rings (SSSR count). The van der Waals surface area contributed by atoms with Crippen molar-refractivity contribution in [3.63, 3.8) is 0 Å². The number of amides is 1. The van der Waals surface area contributed by atoms with Crippen LogP contribution in [0.1, 0.15) is 13.8 Å². The zero-order valence-electron chi connectivity index (χ0n) is 12.2. The quantitative estimate of drug-likeness (QED) is 0.919. The Balaban J connectivity index is 1.93. The molecule has 1 saturated heterocycles. The Morgan fingerprint density at radius 1 is 1.57 bits per heavy atom. The Kier molecular flexibility index (Phi) is 5.08. The first-order valence-electron chi connectivity index (χ1n) is 6.84. The molecular weight excluding hydrogens is 294 g/mol. The predicted octanol–water partition coefficient (Wildman–Crippen LogP) is 1.72. The Hall–Kier alpha value is -1.30. The average molecular weight is 314 g/mol. The lowest BCUT2D eigenvalue weighted by Gasteiger charge is -2.42. The molecule has 1 aromatic carbocycles. The molecular formula is C15H20ClNO4. The van der Waals surface area contributed by atoms with Crippen molar-refractivity contribution >= 4 is 17.5 Å². The van der Waals surface area contributed by atoms with Crippen molar-refractivity contribution < 1.29 is 19.4 Å². The first kappa shape index (κ1) is 16.1. The van der Waals surface area contributed by atoms with E-state index in [9.17, 15) is 9.90 Å². The van der Waals surface area contributed by atoms with E-state index >= 15 is 0 Å². The topological polar surface area (TPSA) is 59.0 Å². The average Bonchev–Trinajstić information content (AvgIpc) is 2.43. The molecule has 6 heteroatoms. The summed E-state index contributed by atoms with van der Waals surface area (Å²) >= 11 is 5.86. The van der Waals surface area contributed by atoms with E-state index in [4.69, 9.17) is 21.1 Å². The van der Waals surface area contributed by atoms with Gasteiger partial charge in [-0.05, 0) is 32.0 Å². The third-order valence-electron chi connectivity index (χ3n) is 3.20. The van der Waals surface area contributed by atoms with Crippen LogP contribution in [0.15, 0.2) is 24.3 Å². The molecule has 1 unspecified atom stereocenters. The van der Waals surface area contributed by atoms with Gasteiger partial charge in [0.05, 0.1) is 18.3 Å². The maximum absolute atomic E-state index is 12.2. The highest BCUT2D eigenvalue weighted by molar-refractivity contribution is 6.30. The molecule has 1 aliphatic rings. The number of carbonyl (C=O) groups is 1. The van der Waals surface area contributed by atoms with Crippen LogP contribution in [-0.4, -0.2) is 53.9 Å². The molecule has 1 heterocycles. The van der Waals surface area contributed by atoms with Crippen LogP contribution in [0.5, 0.6) is 5.75 Å². The zero-order chi connectivity index (χ0) is 15.5. The molecule has 116 valence electrons. The number of carbonyl (C=O) groups excluding carboxylic acids is 1. The fourth-order valence-corrected chi connectivity index (χ4v) is 2.55. The standard InChI is InChI=1S/C15H20ClNO4/c1-15(2)10-17(7-13(8-18)21-15)14(19)9-20-12-5-3-4-11(16)6-12/h3-6,13,18H,7-10H2,1-2H3. The highest BCUT2D eigenvalue weighted by Crippen LogP contribution is 2.21. The van der Waals surface area contributed by atoms with Crippen LogP contribution in [0.4, 0.5) is 0 Å². The third-order valence-corrected chi connectivity index (χ3v) is 3.43. The molecule has 1 fully saturated rings. The summed E-state index contributed by atoms with van der Waals surface area (Å²) in [7, 11) is 0. The number of hydrogen-bond acceptors (Lipinski definition) is 4. The molecule has 1 aliphatic heterocycles. The number of hydrogen-bond donors (Lipinski definition) is 1. The molecule has 1 amide bonds. The number of halogens is 1. The van der Waals surface area contributed by atoms with Gasteiger partial charge in [0.25, 0.3) is 5.91 Å². The summed E-state index contributed by atoms with van der Waals surface area (Å²) in [5.74, 6) is 0.423. The lowest BCUT2D eigenvalue weighted by Crippen LogP contribution is -2.56. The number of benzene rings is 1. The third kappa shape index (κ3) is 4.59. The van der Waals surface area contributed by atoms with Crippen LogP contribution < -0.4 is 4.74 Å². The fraction of sp³-hybridized carbons (Fsp3) is 0.533. The number of nitrogens with zero attached hydrogens (tertiary/aromatic N) is 1. The zero-order valence-corrected chi connectivity index (χ0v) is 13.0. The number of ether oxygens (including phenoxy) is 2. The highest BCUT2D eigenvalue weighted by Gasteiger charge is 2.35. The second-order valence-electron chi connectivity index (χ2n) is 5.70. The molecule has 1 N–H and O–H groups in total. The van der Waals surface area contributed by atoms with Gasteiger partial charge in [-0.25, -0.2) is 0 Å². The molecule has 0 bridgehead atoms. The van der Waals surface area contributed by atoms with Crippen LogP contribution in [0, 0.1) is 0 Å². The lowest BCUT2D eigenvalue weighted by molar-refractivity contribution is -0.168. The van der Waals surface area contributed by atoms with E-state index < -0.39 is 5.60 Å². The summed E-state index contributed by atoms with van der Waals surface area (Å²) in [6, 6.07) is 6.92. The highest BCUT2D eigenvalue weighted by atomic mass is 35.5. The lowest BCUT2D eigenvalue weighted by atomic mass is 10.1. The van der Waals surface area contributed by atoms with Gasteiger partial charge in [0, 0.05) is 18.1 Å². The summed E-state index contributed by atoms with van der Waals surface area (Å²) < 4.78 is 11.1. The molecule has 1 aromatic rings. The SMILES string of the molecule is CC1(C)CN(C(=O)COc2cccc(Cl)c2)CC(CO)O1. The van der Waals surface area contributed by atoms with Crippen LogP contribution in [0.25, 0.3) is 0 Å². The Labute approximate surface area is 129 Å². The van der Waals surface area contributed by atoms with Crippen molar-refractivity contribution in [1.82, 2.24) is 4.90 Å². The predicted molar refractivity (Wildman–Crippen MR) is 79.6 cm³/mol. The molecule has 0 saturated carbocycles. The first-order chi connectivity index (χ1) is 9.89. The van der Waals surface area contributed by atoms with Crippen LogP contribution in [-0.2, 0) is 9.53 Å². The maximum atomic E-state index is 12.2. The Morgan fingerprint density at radius 2 is 2.33 bits per heavy atom. The minimum Gasteiger partial charge on any atom is -0.484 e. The number of rotatable bonds is 4. The molecule has 0 aliphatic carbocycles.